The number of aliphatic hydroxyl groups is 1. The van der Waals surface area contributed by atoms with Crippen molar-refractivity contribution in [3.05, 3.63) is 30.1 Å². The van der Waals surface area contributed by atoms with E-state index in [2.05, 4.69) is 5.32 Å². The minimum Gasteiger partial charge on any atom is -0.395 e. The molecule has 112 valence electrons. The molecule has 20 heavy (non-hydrogen) atoms. The molecule has 1 aromatic carbocycles. The van der Waals surface area contributed by atoms with E-state index in [1.165, 1.54) is 12.1 Å². The van der Waals surface area contributed by atoms with Crippen LogP contribution in [0.25, 0.3) is 0 Å². The summed E-state index contributed by atoms with van der Waals surface area (Å²) in [6, 6.07) is 5.77. The fraction of sp³-hybridized carbons (Fsp3) is 0.500. The molecule has 0 aliphatic heterocycles. The van der Waals surface area contributed by atoms with Crippen molar-refractivity contribution in [2.45, 2.75) is 6.42 Å². The predicted molar refractivity (Wildman–Crippen MR) is 75.0 cm³/mol. The Hall–Kier alpha value is -1.50. The van der Waals surface area contributed by atoms with Crippen molar-refractivity contribution in [3.8, 4) is 0 Å². The number of hydrogen-bond acceptors (Lipinski definition) is 4. The van der Waals surface area contributed by atoms with Gasteiger partial charge in [0.2, 0.25) is 5.91 Å². The van der Waals surface area contributed by atoms with Gasteiger partial charge in [-0.05, 0) is 18.2 Å². The number of nitrogens with zero attached hydrogens (tertiary/aromatic N) is 1. The van der Waals surface area contributed by atoms with Crippen molar-refractivity contribution in [3.63, 3.8) is 0 Å². The summed E-state index contributed by atoms with van der Waals surface area (Å²) in [6.45, 7) is 2.26. The Morgan fingerprint density at radius 2 is 2.20 bits per heavy atom. The molecule has 5 nitrogen and oxygen atoms in total. The summed E-state index contributed by atoms with van der Waals surface area (Å²) in [7, 11) is 1.60. The Labute approximate surface area is 118 Å². The molecule has 0 saturated carbocycles. The minimum absolute atomic E-state index is 0.0369. The lowest BCUT2D eigenvalue weighted by molar-refractivity contribution is -0.116. The molecule has 1 rings (SSSR count). The zero-order valence-electron chi connectivity index (χ0n) is 11.6. The maximum absolute atomic E-state index is 13.0. The van der Waals surface area contributed by atoms with Crippen LogP contribution < -0.4 is 5.32 Å². The van der Waals surface area contributed by atoms with Crippen LogP contribution in [-0.2, 0) is 9.53 Å². The van der Waals surface area contributed by atoms with E-state index in [9.17, 15) is 9.18 Å². The molecule has 6 heteroatoms. The van der Waals surface area contributed by atoms with Gasteiger partial charge in [0, 0.05) is 38.9 Å². The van der Waals surface area contributed by atoms with Crippen molar-refractivity contribution in [2.75, 3.05) is 45.3 Å². The van der Waals surface area contributed by atoms with Crippen LogP contribution in [0.2, 0.25) is 0 Å². The average Bonchev–Trinajstić information content (AvgIpc) is 2.42. The van der Waals surface area contributed by atoms with E-state index >= 15 is 0 Å². The summed E-state index contributed by atoms with van der Waals surface area (Å²) < 4.78 is 17.9. The number of aliphatic hydroxyl groups excluding tert-OH is 1. The first kappa shape index (κ1) is 16.6. The van der Waals surface area contributed by atoms with Crippen molar-refractivity contribution >= 4 is 11.6 Å². The average molecular weight is 284 g/mol. The SMILES string of the molecule is COCCN(CCO)CCC(=O)Nc1cccc(F)c1. The topological polar surface area (TPSA) is 61.8 Å². The van der Waals surface area contributed by atoms with E-state index in [-0.39, 0.29) is 24.8 Å². The third-order valence-electron chi connectivity index (χ3n) is 2.79. The molecule has 0 aliphatic carbocycles. The van der Waals surface area contributed by atoms with E-state index in [1.807, 2.05) is 4.90 Å². The summed E-state index contributed by atoms with van der Waals surface area (Å²) in [5, 5.41) is 11.6. The van der Waals surface area contributed by atoms with Gasteiger partial charge in [-0.25, -0.2) is 4.39 Å². The quantitative estimate of drug-likeness (QED) is 0.713. The van der Waals surface area contributed by atoms with Crippen LogP contribution in [0.3, 0.4) is 0 Å². The standard InChI is InChI=1S/C14H21FN2O3/c1-20-10-8-17(7-9-18)6-5-14(19)16-13-4-2-3-12(15)11-13/h2-4,11,18H,5-10H2,1H3,(H,16,19). The summed E-state index contributed by atoms with van der Waals surface area (Å²) in [5.41, 5.74) is 0.445. The van der Waals surface area contributed by atoms with Crippen LogP contribution in [0, 0.1) is 5.82 Å². The second-order valence-corrected chi connectivity index (χ2v) is 4.37. The molecule has 0 atom stereocenters. The number of nitrogens with one attached hydrogen (secondary N) is 1. The van der Waals surface area contributed by atoms with Crippen molar-refractivity contribution in [1.82, 2.24) is 4.90 Å². The lowest BCUT2D eigenvalue weighted by Crippen LogP contribution is -2.33. The van der Waals surface area contributed by atoms with Gasteiger partial charge in [0.05, 0.1) is 13.2 Å². The van der Waals surface area contributed by atoms with E-state index < -0.39 is 0 Å². The highest BCUT2D eigenvalue weighted by atomic mass is 19.1. The number of methoxy groups -OCH3 is 1. The molecule has 0 saturated heterocycles. The highest BCUT2D eigenvalue weighted by molar-refractivity contribution is 5.90. The van der Waals surface area contributed by atoms with Gasteiger partial charge in [-0.1, -0.05) is 6.07 Å². The lowest BCUT2D eigenvalue weighted by atomic mass is 10.3. The smallest absolute Gasteiger partial charge is 0.225 e. The second kappa shape index (κ2) is 9.41. The monoisotopic (exact) mass is 284 g/mol. The van der Waals surface area contributed by atoms with Gasteiger partial charge in [-0.2, -0.15) is 0 Å². The maximum atomic E-state index is 13.0. The number of amides is 1. The summed E-state index contributed by atoms with van der Waals surface area (Å²) in [4.78, 5) is 13.7. The summed E-state index contributed by atoms with van der Waals surface area (Å²) in [5.74, 6) is -0.569. The Bertz CT molecular complexity index is 415. The van der Waals surface area contributed by atoms with E-state index in [0.29, 0.717) is 31.9 Å². The second-order valence-electron chi connectivity index (χ2n) is 4.37. The third kappa shape index (κ3) is 6.60. The van der Waals surface area contributed by atoms with Crippen LogP contribution in [0.15, 0.2) is 24.3 Å². The normalized spacial score (nSPS) is 10.8. The maximum Gasteiger partial charge on any atom is 0.225 e. The predicted octanol–water partition coefficient (Wildman–Crippen LogP) is 1.09. The van der Waals surface area contributed by atoms with Crippen LogP contribution in [0.5, 0.6) is 0 Å². The summed E-state index contributed by atoms with van der Waals surface area (Å²) in [6.07, 6.45) is 0.278. The van der Waals surface area contributed by atoms with Gasteiger partial charge >= 0.3 is 0 Å². The molecule has 0 radical (unpaired) electrons. The molecule has 0 heterocycles. The van der Waals surface area contributed by atoms with Crippen LogP contribution in [0.1, 0.15) is 6.42 Å². The number of carbonyl (C=O) groups is 1. The number of hydrogen-bond donors (Lipinski definition) is 2. The highest BCUT2D eigenvalue weighted by Gasteiger charge is 2.08. The molecule has 0 spiro atoms. The molecular formula is C14H21FN2O3. The number of carbonyl (C=O) groups excluding carboxylic acids is 1. The van der Waals surface area contributed by atoms with Crippen molar-refractivity contribution in [1.29, 1.82) is 0 Å². The van der Waals surface area contributed by atoms with Gasteiger partial charge in [-0.3, -0.25) is 9.69 Å². The molecule has 0 bridgehead atoms. The Kier molecular flexibility index (Phi) is 7.79. The fourth-order valence-electron chi connectivity index (χ4n) is 1.75. The first-order chi connectivity index (χ1) is 9.65. The summed E-state index contributed by atoms with van der Waals surface area (Å²) >= 11 is 0. The van der Waals surface area contributed by atoms with E-state index in [0.717, 1.165) is 0 Å². The molecular weight excluding hydrogens is 263 g/mol. The Morgan fingerprint density at radius 3 is 2.85 bits per heavy atom. The largest absolute Gasteiger partial charge is 0.395 e. The lowest BCUT2D eigenvalue weighted by Gasteiger charge is -2.20. The first-order valence-corrected chi connectivity index (χ1v) is 6.53. The fourth-order valence-corrected chi connectivity index (χ4v) is 1.75. The zero-order chi connectivity index (χ0) is 14.8. The number of anilines is 1. The molecule has 0 aromatic heterocycles. The molecule has 2 N–H and O–H groups in total. The van der Waals surface area contributed by atoms with Crippen LogP contribution in [0.4, 0.5) is 10.1 Å². The molecule has 0 aliphatic rings. The highest BCUT2D eigenvalue weighted by Crippen LogP contribution is 2.09. The molecule has 0 fully saturated rings. The molecule has 0 unspecified atom stereocenters. The third-order valence-corrected chi connectivity index (χ3v) is 2.79. The van der Waals surface area contributed by atoms with Gasteiger partial charge in [0.15, 0.2) is 0 Å². The Balaban J connectivity index is 2.37. The van der Waals surface area contributed by atoms with Gasteiger partial charge in [0.1, 0.15) is 5.82 Å². The van der Waals surface area contributed by atoms with E-state index in [1.54, 1.807) is 19.2 Å². The Morgan fingerprint density at radius 1 is 1.40 bits per heavy atom. The zero-order valence-corrected chi connectivity index (χ0v) is 11.6. The number of rotatable bonds is 9. The number of halogens is 1. The van der Waals surface area contributed by atoms with Crippen molar-refractivity contribution in [2.24, 2.45) is 0 Å². The number of benzene rings is 1. The van der Waals surface area contributed by atoms with Crippen LogP contribution in [-0.4, -0.2) is 55.9 Å². The van der Waals surface area contributed by atoms with Crippen LogP contribution >= 0.6 is 0 Å². The molecule has 1 amide bonds. The van der Waals surface area contributed by atoms with Crippen molar-refractivity contribution < 1.29 is 19.0 Å². The van der Waals surface area contributed by atoms with Gasteiger partial charge < -0.3 is 15.2 Å². The van der Waals surface area contributed by atoms with Gasteiger partial charge in [0.25, 0.3) is 0 Å². The number of ether oxygens (including phenoxy) is 1. The minimum atomic E-state index is -0.384. The van der Waals surface area contributed by atoms with E-state index in [4.69, 9.17) is 9.84 Å². The molecule has 1 aromatic rings. The first-order valence-electron chi connectivity index (χ1n) is 6.53. The van der Waals surface area contributed by atoms with Gasteiger partial charge in [-0.15, -0.1) is 0 Å².